The fraction of sp³-hybridized carbons (Fsp3) is 0.333. The molecular formula is C12H16O3. The Bertz CT molecular complexity index is 345. The predicted molar refractivity (Wildman–Crippen MR) is 59.4 cm³/mol. The molecule has 0 aliphatic rings. The average Bonchev–Trinajstić information content (AvgIpc) is 2.28. The molecule has 1 aromatic rings. The Morgan fingerprint density at radius 1 is 1.13 bits per heavy atom. The smallest absolute Gasteiger partial charge is 0.161 e. The van der Waals surface area contributed by atoms with Crippen molar-refractivity contribution < 1.29 is 14.2 Å². The van der Waals surface area contributed by atoms with Crippen LogP contribution in [-0.4, -0.2) is 21.3 Å². The molecule has 0 saturated carbocycles. The highest BCUT2D eigenvalue weighted by atomic mass is 16.5. The van der Waals surface area contributed by atoms with Gasteiger partial charge in [0.15, 0.2) is 11.5 Å². The summed E-state index contributed by atoms with van der Waals surface area (Å²) in [4.78, 5) is 0. The van der Waals surface area contributed by atoms with E-state index < -0.39 is 0 Å². The molecule has 0 radical (unpaired) electrons. The number of benzene rings is 1. The second-order valence-electron chi connectivity index (χ2n) is 3.11. The van der Waals surface area contributed by atoms with Crippen LogP contribution >= 0.6 is 0 Å². The van der Waals surface area contributed by atoms with Crippen LogP contribution in [0, 0.1) is 0 Å². The zero-order valence-electron chi connectivity index (χ0n) is 9.37. The van der Waals surface area contributed by atoms with Crippen LogP contribution in [0.5, 0.6) is 11.5 Å². The second-order valence-corrected chi connectivity index (χ2v) is 3.11. The fourth-order valence-electron chi connectivity index (χ4n) is 1.29. The van der Waals surface area contributed by atoms with E-state index in [0.717, 1.165) is 22.8 Å². The molecule has 0 unspecified atom stereocenters. The highest BCUT2D eigenvalue weighted by molar-refractivity contribution is 5.43. The summed E-state index contributed by atoms with van der Waals surface area (Å²) in [5.74, 6) is 2.17. The Hall–Kier alpha value is -1.64. The van der Waals surface area contributed by atoms with E-state index in [1.54, 1.807) is 21.3 Å². The summed E-state index contributed by atoms with van der Waals surface area (Å²) >= 11 is 0. The van der Waals surface area contributed by atoms with Crippen molar-refractivity contribution in [2.24, 2.45) is 0 Å². The highest BCUT2D eigenvalue weighted by Crippen LogP contribution is 2.28. The molecule has 82 valence electrons. The van der Waals surface area contributed by atoms with Gasteiger partial charge < -0.3 is 14.2 Å². The van der Waals surface area contributed by atoms with Crippen molar-refractivity contribution in [1.82, 2.24) is 0 Å². The summed E-state index contributed by atoms with van der Waals surface area (Å²) in [6, 6.07) is 5.76. The standard InChI is InChI=1S/C12H16O3/c1-9(13-2)7-10-5-6-11(14-3)12(8-10)15-4/h5-6,8H,1,7H2,2-4H3. The lowest BCUT2D eigenvalue weighted by atomic mass is 10.1. The van der Waals surface area contributed by atoms with Crippen molar-refractivity contribution >= 4 is 0 Å². The number of methoxy groups -OCH3 is 3. The van der Waals surface area contributed by atoms with E-state index >= 15 is 0 Å². The van der Waals surface area contributed by atoms with Crippen LogP contribution in [0.4, 0.5) is 0 Å². The number of hydrogen-bond acceptors (Lipinski definition) is 3. The molecule has 1 aromatic carbocycles. The van der Waals surface area contributed by atoms with Crippen molar-refractivity contribution in [1.29, 1.82) is 0 Å². The molecule has 3 heteroatoms. The van der Waals surface area contributed by atoms with Crippen molar-refractivity contribution in [3.63, 3.8) is 0 Å². The van der Waals surface area contributed by atoms with Crippen molar-refractivity contribution in [2.75, 3.05) is 21.3 Å². The first-order valence-electron chi connectivity index (χ1n) is 4.64. The quantitative estimate of drug-likeness (QED) is 0.695. The largest absolute Gasteiger partial charge is 0.501 e. The Kier molecular flexibility index (Phi) is 4.03. The third kappa shape index (κ3) is 2.91. The van der Waals surface area contributed by atoms with Crippen molar-refractivity contribution in [3.05, 3.63) is 36.1 Å². The summed E-state index contributed by atoms with van der Waals surface area (Å²) in [5.41, 5.74) is 1.08. The summed E-state index contributed by atoms with van der Waals surface area (Å²) in [6.07, 6.45) is 0.677. The van der Waals surface area contributed by atoms with Gasteiger partial charge in [-0.1, -0.05) is 12.6 Å². The van der Waals surface area contributed by atoms with Gasteiger partial charge in [0.05, 0.1) is 27.1 Å². The minimum Gasteiger partial charge on any atom is -0.501 e. The van der Waals surface area contributed by atoms with Crippen LogP contribution in [0.15, 0.2) is 30.5 Å². The van der Waals surface area contributed by atoms with Gasteiger partial charge in [0.2, 0.25) is 0 Å². The third-order valence-corrected chi connectivity index (χ3v) is 2.14. The molecule has 0 spiro atoms. The Morgan fingerprint density at radius 3 is 2.33 bits per heavy atom. The molecule has 0 aliphatic heterocycles. The second kappa shape index (κ2) is 5.29. The molecule has 3 nitrogen and oxygen atoms in total. The van der Waals surface area contributed by atoms with Crippen LogP contribution in [0.1, 0.15) is 5.56 Å². The molecule has 0 amide bonds. The van der Waals surface area contributed by atoms with E-state index in [1.807, 2.05) is 18.2 Å². The van der Waals surface area contributed by atoms with E-state index in [0.29, 0.717) is 6.42 Å². The lowest BCUT2D eigenvalue weighted by Crippen LogP contribution is -1.95. The molecule has 15 heavy (non-hydrogen) atoms. The van der Waals surface area contributed by atoms with Gasteiger partial charge in [0.25, 0.3) is 0 Å². The molecule has 0 bridgehead atoms. The van der Waals surface area contributed by atoms with Gasteiger partial charge in [-0.3, -0.25) is 0 Å². The van der Waals surface area contributed by atoms with Gasteiger partial charge in [0, 0.05) is 6.42 Å². The maximum atomic E-state index is 5.20. The molecule has 0 fully saturated rings. The third-order valence-electron chi connectivity index (χ3n) is 2.14. The van der Waals surface area contributed by atoms with Crippen LogP contribution in [0.3, 0.4) is 0 Å². The van der Waals surface area contributed by atoms with Crippen LogP contribution < -0.4 is 9.47 Å². The van der Waals surface area contributed by atoms with E-state index in [-0.39, 0.29) is 0 Å². The summed E-state index contributed by atoms with van der Waals surface area (Å²) in [5, 5.41) is 0. The number of allylic oxidation sites excluding steroid dienone is 1. The maximum absolute atomic E-state index is 5.20. The van der Waals surface area contributed by atoms with Gasteiger partial charge in [-0.2, -0.15) is 0 Å². The van der Waals surface area contributed by atoms with Crippen LogP contribution in [-0.2, 0) is 11.2 Å². The van der Waals surface area contributed by atoms with Gasteiger partial charge in [-0.05, 0) is 17.7 Å². The molecule has 0 heterocycles. The normalized spacial score (nSPS) is 9.53. The minimum absolute atomic E-state index is 0.677. The number of rotatable bonds is 5. The monoisotopic (exact) mass is 208 g/mol. The fourth-order valence-corrected chi connectivity index (χ4v) is 1.29. The minimum atomic E-state index is 0.677. The Balaban J connectivity index is 2.88. The first-order valence-corrected chi connectivity index (χ1v) is 4.64. The summed E-state index contributed by atoms with van der Waals surface area (Å²) < 4.78 is 15.4. The van der Waals surface area contributed by atoms with Gasteiger partial charge in [-0.25, -0.2) is 0 Å². The van der Waals surface area contributed by atoms with Gasteiger partial charge >= 0.3 is 0 Å². The van der Waals surface area contributed by atoms with Gasteiger partial charge in [0.1, 0.15) is 0 Å². The predicted octanol–water partition coefficient (Wildman–Crippen LogP) is 2.41. The number of ether oxygens (including phenoxy) is 3. The molecule has 0 aliphatic carbocycles. The lowest BCUT2D eigenvalue weighted by molar-refractivity contribution is 0.285. The van der Waals surface area contributed by atoms with E-state index in [9.17, 15) is 0 Å². The topological polar surface area (TPSA) is 27.7 Å². The van der Waals surface area contributed by atoms with E-state index in [4.69, 9.17) is 14.2 Å². The zero-order chi connectivity index (χ0) is 11.3. The first-order chi connectivity index (χ1) is 7.21. The maximum Gasteiger partial charge on any atom is 0.161 e. The molecule has 0 saturated heterocycles. The first kappa shape index (κ1) is 11.4. The summed E-state index contributed by atoms with van der Waals surface area (Å²) in [7, 11) is 4.85. The molecule has 1 rings (SSSR count). The summed E-state index contributed by atoms with van der Waals surface area (Å²) in [6.45, 7) is 3.77. The molecular weight excluding hydrogens is 192 g/mol. The SMILES string of the molecule is C=C(Cc1ccc(OC)c(OC)c1)OC. The Labute approximate surface area is 90.3 Å². The van der Waals surface area contributed by atoms with Crippen molar-refractivity contribution in [2.45, 2.75) is 6.42 Å². The molecule has 0 N–H and O–H groups in total. The number of hydrogen-bond donors (Lipinski definition) is 0. The zero-order valence-corrected chi connectivity index (χ0v) is 9.37. The van der Waals surface area contributed by atoms with E-state index in [2.05, 4.69) is 6.58 Å². The van der Waals surface area contributed by atoms with Gasteiger partial charge in [-0.15, -0.1) is 0 Å². The van der Waals surface area contributed by atoms with Crippen LogP contribution in [0.2, 0.25) is 0 Å². The van der Waals surface area contributed by atoms with Crippen LogP contribution in [0.25, 0.3) is 0 Å². The van der Waals surface area contributed by atoms with Crippen molar-refractivity contribution in [3.8, 4) is 11.5 Å². The molecule has 0 aromatic heterocycles. The highest BCUT2D eigenvalue weighted by Gasteiger charge is 2.05. The Morgan fingerprint density at radius 2 is 1.80 bits per heavy atom. The molecule has 0 atom stereocenters. The lowest BCUT2D eigenvalue weighted by Gasteiger charge is -2.10. The average molecular weight is 208 g/mol. The van der Waals surface area contributed by atoms with E-state index in [1.165, 1.54) is 0 Å².